The lowest BCUT2D eigenvalue weighted by Crippen LogP contribution is -2.34. The number of nitrogens with zero attached hydrogens (tertiary/aromatic N) is 2. The number of amides is 2. The molecule has 1 aliphatic rings. The van der Waals surface area contributed by atoms with Crippen LogP contribution in [0.15, 0.2) is 35.4 Å². The Balaban J connectivity index is 1.92. The molecule has 8 nitrogen and oxygen atoms in total. The Kier molecular flexibility index (Phi) is 5.84. The van der Waals surface area contributed by atoms with Crippen LogP contribution >= 0.6 is 11.8 Å². The molecule has 1 saturated heterocycles. The van der Waals surface area contributed by atoms with Gasteiger partial charge in [0.2, 0.25) is 0 Å². The van der Waals surface area contributed by atoms with Gasteiger partial charge in [0.1, 0.15) is 13.1 Å². The predicted molar refractivity (Wildman–Crippen MR) is 103 cm³/mol. The third kappa shape index (κ3) is 3.94. The van der Waals surface area contributed by atoms with Crippen molar-refractivity contribution in [3.63, 3.8) is 0 Å². The number of hydrogen-bond donors (Lipinski definition) is 0. The second-order valence-electron chi connectivity index (χ2n) is 5.88. The van der Waals surface area contributed by atoms with Gasteiger partial charge < -0.3 is 14.0 Å². The van der Waals surface area contributed by atoms with E-state index in [1.807, 2.05) is 24.3 Å². The van der Waals surface area contributed by atoms with Gasteiger partial charge in [0.05, 0.1) is 18.6 Å². The van der Waals surface area contributed by atoms with Crippen molar-refractivity contribution in [2.45, 2.75) is 13.5 Å². The summed E-state index contributed by atoms with van der Waals surface area (Å²) in [6.45, 7) is 1.43. The van der Waals surface area contributed by atoms with Crippen molar-refractivity contribution in [1.29, 1.82) is 0 Å². The van der Waals surface area contributed by atoms with Crippen LogP contribution in [0.5, 0.6) is 0 Å². The molecule has 2 aromatic rings. The lowest BCUT2D eigenvalue weighted by Gasteiger charge is -2.10. The topological polar surface area (TPSA) is 94.9 Å². The molecular formula is C19H18N2O6S. The first-order valence-electron chi connectivity index (χ1n) is 8.50. The molecule has 0 spiro atoms. The molecule has 0 unspecified atom stereocenters. The lowest BCUT2D eigenvalue weighted by molar-refractivity contribution is -0.146. The van der Waals surface area contributed by atoms with E-state index < -0.39 is 29.6 Å². The first-order valence-corrected chi connectivity index (χ1v) is 9.32. The van der Waals surface area contributed by atoms with E-state index in [-0.39, 0.29) is 18.1 Å². The summed E-state index contributed by atoms with van der Waals surface area (Å²) in [5.74, 6) is -1.59. The van der Waals surface area contributed by atoms with E-state index in [0.29, 0.717) is 5.56 Å². The summed E-state index contributed by atoms with van der Waals surface area (Å²) in [4.78, 5) is 49.0. The Bertz CT molecular complexity index is 993. The van der Waals surface area contributed by atoms with Crippen molar-refractivity contribution in [3.05, 3.63) is 40.9 Å². The zero-order valence-corrected chi connectivity index (χ0v) is 16.2. The van der Waals surface area contributed by atoms with E-state index in [9.17, 15) is 19.2 Å². The molecule has 1 aromatic heterocycles. The fourth-order valence-electron chi connectivity index (χ4n) is 2.84. The summed E-state index contributed by atoms with van der Waals surface area (Å²) < 4.78 is 11.2. The van der Waals surface area contributed by atoms with Gasteiger partial charge in [-0.05, 0) is 30.8 Å². The number of methoxy groups -OCH3 is 1. The summed E-state index contributed by atoms with van der Waals surface area (Å²) in [5, 5.41) is 0.297. The van der Waals surface area contributed by atoms with Crippen LogP contribution in [0.4, 0.5) is 4.79 Å². The van der Waals surface area contributed by atoms with Gasteiger partial charge in [-0.15, -0.1) is 0 Å². The van der Waals surface area contributed by atoms with Crippen molar-refractivity contribution < 1.29 is 28.7 Å². The van der Waals surface area contributed by atoms with Crippen molar-refractivity contribution in [3.8, 4) is 0 Å². The number of hydrogen-bond acceptors (Lipinski definition) is 7. The van der Waals surface area contributed by atoms with Crippen LogP contribution < -0.4 is 0 Å². The number of esters is 2. The predicted octanol–water partition coefficient (Wildman–Crippen LogP) is 2.41. The van der Waals surface area contributed by atoms with Gasteiger partial charge in [0.25, 0.3) is 11.1 Å². The van der Waals surface area contributed by atoms with E-state index in [1.54, 1.807) is 23.8 Å². The first kappa shape index (κ1) is 19.7. The number of ether oxygens (including phenoxy) is 2. The minimum absolute atomic E-state index is 0.0230. The molecule has 1 aromatic carbocycles. The Hall–Kier alpha value is -3.07. The maximum Gasteiger partial charge on any atom is 0.326 e. The lowest BCUT2D eigenvalue weighted by atomic mass is 10.1. The fraction of sp³-hybridized carbons (Fsp3) is 0.263. The van der Waals surface area contributed by atoms with Gasteiger partial charge in [-0.1, -0.05) is 18.2 Å². The van der Waals surface area contributed by atoms with E-state index in [2.05, 4.69) is 0 Å². The average molecular weight is 402 g/mol. The summed E-state index contributed by atoms with van der Waals surface area (Å²) in [5.41, 5.74) is 1.48. The SMILES string of the molecule is CCOC(=O)CN1C(=O)S/C(=C/c2cn(CC(=O)OC)c3ccccc23)C1=O. The normalized spacial score (nSPS) is 15.5. The molecule has 0 radical (unpaired) electrons. The number of imide groups is 1. The highest BCUT2D eigenvalue weighted by atomic mass is 32.2. The number of fused-ring (bicyclic) bond motifs is 1. The fourth-order valence-corrected chi connectivity index (χ4v) is 3.67. The van der Waals surface area contributed by atoms with Crippen molar-refractivity contribution in [2.24, 2.45) is 0 Å². The van der Waals surface area contributed by atoms with Crippen LogP contribution in [0.3, 0.4) is 0 Å². The molecule has 0 saturated carbocycles. The quantitative estimate of drug-likeness (QED) is 0.541. The number of carbonyl (C=O) groups excluding carboxylic acids is 4. The molecule has 3 rings (SSSR count). The summed E-state index contributed by atoms with van der Waals surface area (Å²) >= 11 is 0.763. The summed E-state index contributed by atoms with van der Waals surface area (Å²) in [7, 11) is 1.31. The number of aromatic nitrogens is 1. The van der Waals surface area contributed by atoms with Crippen molar-refractivity contribution in [1.82, 2.24) is 9.47 Å². The zero-order valence-electron chi connectivity index (χ0n) is 15.3. The molecule has 1 aliphatic heterocycles. The first-order chi connectivity index (χ1) is 13.4. The van der Waals surface area contributed by atoms with E-state index in [0.717, 1.165) is 27.6 Å². The Morgan fingerprint density at radius 1 is 1.14 bits per heavy atom. The molecular weight excluding hydrogens is 384 g/mol. The molecule has 0 N–H and O–H groups in total. The number of thioether (sulfide) groups is 1. The number of benzene rings is 1. The van der Waals surface area contributed by atoms with Gasteiger partial charge in [-0.3, -0.25) is 24.1 Å². The van der Waals surface area contributed by atoms with E-state index in [1.165, 1.54) is 7.11 Å². The van der Waals surface area contributed by atoms with E-state index in [4.69, 9.17) is 9.47 Å². The van der Waals surface area contributed by atoms with Gasteiger partial charge in [-0.2, -0.15) is 0 Å². The minimum atomic E-state index is -0.638. The highest BCUT2D eigenvalue weighted by Gasteiger charge is 2.36. The molecule has 146 valence electrons. The smallest absolute Gasteiger partial charge is 0.326 e. The van der Waals surface area contributed by atoms with Crippen LogP contribution in [-0.2, 0) is 30.4 Å². The molecule has 0 aliphatic carbocycles. The molecule has 0 atom stereocenters. The summed E-state index contributed by atoms with van der Waals surface area (Å²) in [6, 6.07) is 7.39. The highest BCUT2D eigenvalue weighted by molar-refractivity contribution is 8.18. The molecule has 2 amide bonds. The largest absolute Gasteiger partial charge is 0.468 e. The van der Waals surface area contributed by atoms with Gasteiger partial charge in [-0.25, -0.2) is 0 Å². The zero-order chi connectivity index (χ0) is 20.3. The Morgan fingerprint density at radius 2 is 1.89 bits per heavy atom. The molecule has 2 heterocycles. The monoisotopic (exact) mass is 402 g/mol. The van der Waals surface area contributed by atoms with Gasteiger partial charge >= 0.3 is 11.9 Å². The third-order valence-corrected chi connectivity index (χ3v) is 5.01. The van der Waals surface area contributed by atoms with E-state index >= 15 is 0 Å². The van der Waals surface area contributed by atoms with Crippen LogP contribution in [-0.4, -0.2) is 52.8 Å². The maximum absolute atomic E-state index is 12.6. The van der Waals surface area contributed by atoms with Crippen LogP contribution in [0.1, 0.15) is 12.5 Å². The Morgan fingerprint density at radius 3 is 2.61 bits per heavy atom. The van der Waals surface area contributed by atoms with Crippen LogP contribution in [0.25, 0.3) is 17.0 Å². The second-order valence-corrected chi connectivity index (χ2v) is 6.87. The number of rotatable bonds is 6. The van der Waals surface area contributed by atoms with Crippen LogP contribution in [0.2, 0.25) is 0 Å². The molecule has 9 heteroatoms. The number of carbonyl (C=O) groups is 4. The van der Waals surface area contributed by atoms with Gasteiger partial charge in [0, 0.05) is 22.7 Å². The third-order valence-electron chi connectivity index (χ3n) is 4.10. The average Bonchev–Trinajstić information content (AvgIpc) is 3.14. The van der Waals surface area contributed by atoms with Crippen LogP contribution in [0, 0.1) is 0 Å². The second kappa shape index (κ2) is 8.30. The summed E-state index contributed by atoms with van der Waals surface area (Å²) in [6.07, 6.45) is 3.31. The minimum Gasteiger partial charge on any atom is -0.468 e. The van der Waals surface area contributed by atoms with Crippen molar-refractivity contribution >= 4 is 51.8 Å². The molecule has 28 heavy (non-hydrogen) atoms. The van der Waals surface area contributed by atoms with Gasteiger partial charge in [0.15, 0.2) is 0 Å². The maximum atomic E-state index is 12.6. The standard InChI is InChI=1S/C19H18N2O6S/c1-3-27-17(23)11-21-18(24)15(28-19(21)25)8-12-9-20(10-16(22)26-2)14-7-5-4-6-13(12)14/h4-9H,3,10-11H2,1-2H3/b15-8+. The molecule has 1 fully saturated rings. The van der Waals surface area contributed by atoms with Crippen molar-refractivity contribution in [2.75, 3.05) is 20.3 Å². The molecule has 0 bridgehead atoms. The number of para-hydroxylation sites is 1. The highest BCUT2D eigenvalue weighted by Crippen LogP contribution is 2.34. The Labute approximate surface area is 165 Å².